The number of esters is 1. The molecule has 0 heterocycles. The van der Waals surface area contributed by atoms with Gasteiger partial charge in [-0.1, -0.05) is 29.4 Å². The zero-order chi connectivity index (χ0) is 15.2. The molecule has 1 rings (SSSR count). The summed E-state index contributed by atoms with van der Waals surface area (Å²) >= 11 is 0. The lowest BCUT2D eigenvalue weighted by Gasteiger charge is -2.20. The smallest absolute Gasteiger partial charge is 0.360 e. The van der Waals surface area contributed by atoms with Gasteiger partial charge in [-0.3, -0.25) is 0 Å². The van der Waals surface area contributed by atoms with Crippen LogP contribution in [0.25, 0.3) is 0 Å². The predicted molar refractivity (Wildman–Crippen MR) is 76.5 cm³/mol. The van der Waals surface area contributed by atoms with Crippen LogP contribution in [-0.2, 0) is 25.7 Å². The van der Waals surface area contributed by atoms with Crippen molar-refractivity contribution in [2.75, 3.05) is 14.2 Å². The summed E-state index contributed by atoms with van der Waals surface area (Å²) in [5, 5.41) is 3.76. The Morgan fingerprint density at radius 2 is 1.85 bits per heavy atom. The Hall–Kier alpha value is -1.88. The number of carbonyl (C=O) groups excluding carboxylic acids is 1. The number of hydrogen-bond acceptors (Lipinski definition) is 5. The molecule has 0 fully saturated rings. The van der Waals surface area contributed by atoms with Gasteiger partial charge in [0.1, 0.15) is 7.11 Å². The van der Waals surface area contributed by atoms with Crippen LogP contribution in [0.4, 0.5) is 0 Å². The molecule has 0 saturated carbocycles. The van der Waals surface area contributed by atoms with Crippen LogP contribution in [0.3, 0.4) is 0 Å². The van der Waals surface area contributed by atoms with Gasteiger partial charge in [-0.2, -0.15) is 0 Å². The average Bonchev–Trinajstić information content (AvgIpc) is 2.41. The lowest BCUT2D eigenvalue weighted by Crippen LogP contribution is -2.22. The van der Waals surface area contributed by atoms with Crippen LogP contribution in [-0.4, -0.2) is 31.5 Å². The van der Waals surface area contributed by atoms with Gasteiger partial charge in [0.2, 0.25) is 0 Å². The molecule has 0 amide bonds. The van der Waals surface area contributed by atoms with Crippen molar-refractivity contribution in [3.8, 4) is 0 Å². The van der Waals surface area contributed by atoms with Gasteiger partial charge in [0, 0.05) is 5.56 Å². The van der Waals surface area contributed by atoms with Crippen molar-refractivity contribution < 1.29 is 19.1 Å². The zero-order valence-electron chi connectivity index (χ0n) is 12.6. The molecule has 5 heteroatoms. The van der Waals surface area contributed by atoms with Crippen molar-refractivity contribution in [3.63, 3.8) is 0 Å². The van der Waals surface area contributed by atoms with Crippen molar-refractivity contribution in [2.45, 2.75) is 33.0 Å². The summed E-state index contributed by atoms with van der Waals surface area (Å²) < 4.78 is 10.5. The molecule has 0 unspecified atom stereocenters. The van der Waals surface area contributed by atoms with E-state index in [0.717, 1.165) is 5.56 Å². The quantitative estimate of drug-likeness (QED) is 0.472. The van der Waals surface area contributed by atoms with Crippen LogP contribution >= 0.6 is 0 Å². The van der Waals surface area contributed by atoms with Crippen LogP contribution in [0.5, 0.6) is 0 Å². The van der Waals surface area contributed by atoms with Crippen molar-refractivity contribution in [1.82, 2.24) is 0 Å². The van der Waals surface area contributed by atoms with E-state index < -0.39 is 5.97 Å². The Morgan fingerprint density at radius 1 is 1.20 bits per heavy atom. The second-order valence-corrected chi connectivity index (χ2v) is 5.17. The van der Waals surface area contributed by atoms with E-state index in [1.54, 1.807) is 6.07 Å². The summed E-state index contributed by atoms with van der Waals surface area (Å²) in [6.45, 7) is 6.29. The first kappa shape index (κ1) is 16.2. The Bertz CT molecular complexity index is 489. The number of methoxy groups -OCH3 is 1. The summed E-state index contributed by atoms with van der Waals surface area (Å²) in [5.41, 5.74) is 1.36. The highest BCUT2D eigenvalue weighted by atomic mass is 16.6. The Labute approximate surface area is 119 Å². The molecule has 0 aliphatic carbocycles. The fourth-order valence-corrected chi connectivity index (χ4v) is 1.56. The molecule has 0 N–H and O–H groups in total. The highest BCUT2D eigenvalue weighted by Crippen LogP contribution is 2.17. The van der Waals surface area contributed by atoms with Crippen molar-refractivity contribution in [1.29, 1.82) is 0 Å². The Balaban J connectivity index is 3.10. The second-order valence-electron chi connectivity index (χ2n) is 5.17. The average molecular weight is 279 g/mol. The molecule has 1 aromatic rings. The third-order valence-electron chi connectivity index (χ3n) is 2.49. The van der Waals surface area contributed by atoms with E-state index in [1.165, 1.54) is 14.2 Å². The largest absolute Gasteiger partial charge is 0.464 e. The molecular weight excluding hydrogens is 258 g/mol. The van der Waals surface area contributed by atoms with Gasteiger partial charge in [-0.05, 0) is 26.3 Å². The maximum Gasteiger partial charge on any atom is 0.360 e. The zero-order valence-corrected chi connectivity index (χ0v) is 12.6. The molecule has 0 aliphatic rings. The highest BCUT2D eigenvalue weighted by molar-refractivity contribution is 6.43. The van der Waals surface area contributed by atoms with E-state index in [4.69, 9.17) is 14.3 Å². The predicted octanol–water partition coefficient (Wildman–Crippen LogP) is 2.53. The number of oxime groups is 1. The van der Waals surface area contributed by atoms with E-state index >= 15 is 0 Å². The number of nitrogens with zero attached hydrogens (tertiary/aromatic N) is 1. The molecule has 1 aromatic carbocycles. The SMILES string of the molecule is CON=C(C(=O)OC)c1ccccc1COC(C)(C)C. The molecule has 0 aromatic heterocycles. The Kier molecular flexibility index (Phi) is 5.70. The van der Waals surface area contributed by atoms with E-state index in [-0.39, 0.29) is 11.3 Å². The third-order valence-corrected chi connectivity index (χ3v) is 2.49. The highest BCUT2D eigenvalue weighted by Gasteiger charge is 2.20. The van der Waals surface area contributed by atoms with Crippen LogP contribution < -0.4 is 0 Å². The molecule has 20 heavy (non-hydrogen) atoms. The fraction of sp³-hybridized carbons (Fsp3) is 0.467. The summed E-state index contributed by atoms with van der Waals surface area (Å²) in [6.07, 6.45) is 0. The van der Waals surface area contributed by atoms with Gasteiger partial charge in [0.15, 0.2) is 5.71 Å². The molecule has 0 bridgehead atoms. The van der Waals surface area contributed by atoms with Crippen LogP contribution in [0.2, 0.25) is 0 Å². The molecular formula is C15H21NO4. The summed E-state index contributed by atoms with van der Waals surface area (Å²) in [7, 11) is 2.69. The van der Waals surface area contributed by atoms with Gasteiger partial charge >= 0.3 is 5.97 Å². The molecule has 0 atom stereocenters. The second kappa shape index (κ2) is 7.05. The van der Waals surface area contributed by atoms with E-state index in [9.17, 15) is 4.79 Å². The lowest BCUT2D eigenvalue weighted by molar-refractivity contribution is -0.132. The number of rotatable bonds is 5. The fourth-order valence-electron chi connectivity index (χ4n) is 1.56. The van der Waals surface area contributed by atoms with Gasteiger partial charge in [0.05, 0.1) is 19.3 Å². The normalized spacial score (nSPS) is 12.2. The molecule has 0 spiro atoms. The van der Waals surface area contributed by atoms with E-state index in [0.29, 0.717) is 12.2 Å². The van der Waals surface area contributed by atoms with Gasteiger partial charge in [0.25, 0.3) is 0 Å². The maximum atomic E-state index is 11.8. The van der Waals surface area contributed by atoms with Gasteiger partial charge in [-0.15, -0.1) is 0 Å². The summed E-state index contributed by atoms with van der Waals surface area (Å²) in [4.78, 5) is 16.5. The van der Waals surface area contributed by atoms with Gasteiger partial charge in [-0.25, -0.2) is 4.79 Å². The summed E-state index contributed by atoms with van der Waals surface area (Å²) in [5.74, 6) is -0.546. The summed E-state index contributed by atoms with van der Waals surface area (Å²) in [6, 6.07) is 7.38. The first-order valence-electron chi connectivity index (χ1n) is 6.30. The molecule has 0 radical (unpaired) electrons. The van der Waals surface area contributed by atoms with Gasteiger partial charge < -0.3 is 14.3 Å². The molecule has 0 aliphatic heterocycles. The molecule has 5 nitrogen and oxygen atoms in total. The van der Waals surface area contributed by atoms with Crippen molar-refractivity contribution >= 4 is 11.7 Å². The molecule has 110 valence electrons. The van der Waals surface area contributed by atoms with Crippen LogP contribution in [0, 0.1) is 0 Å². The van der Waals surface area contributed by atoms with Crippen LogP contribution in [0.1, 0.15) is 31.9 Å². The Morgan fingerprint density at radius 3 is 2.40 bits per heavy atom. The van der Waals surface area contributed by atoms with Crippen molar-refractivity contribution in [2.24, 2.45) is 5.16 Å². The first-order chi connectivity index (χ1) is 9.39. The minimum absolute atomic E-state index is 0.128. The monoisotopic (exact) mass is 279 g/mol. The van der Waals surface area contributed by atoms with Crippen LogP contribution in [0.15, 0.2) is 29.4 Å². The first-order valence-corrected chi connectivity index (χ1v) is 6.30. The number of carbonyl (C=O) groups is 1. The van der Waals surface area contributed by atoms with Crippen molar-refractivity contribution in [3.05, 3.63) is 35.4 Å². The topological polar surface area (TPSA) is 57.1 Å². The standard InChI is InChI=1S/C15H21NO4/c1-15(2,3)20-10-11-8-6-7-9-12(11)13(16-19-5)14(17)18-4/h6-9H,10H2,1-5H3. The number of hydrogen-bond donors (Lipinski definition) is 0. The van der Waals surface area contributed by atoms with E-state index in [1.807, 2.05) is 39.0 Å². The number of ether oxygens (including phenoxy) is 2. The lowest BCUT2D eigenvalue weighted by atomic mass is 10.0. The minimum Gasteiger partial charge on any atom is -0.464 e. The third kappa shape index (κ3) is 4.66. The maximum absolute atomic E-state index is 11.8. The van der Waals surface area contributed by atoms with E-state index in [2.05, 4.69) is 5.16 Å². The minimum atomic E-state index is -0.546. The number of benzene rings is 1. The molecule has 0 saturated heterocycles.